The zero-order valence-electron chi connectivity index (χ0n) is 29.8. The molecule has 5 rings (SSSR count). The summed E-state index contributed by atoms with van der Waals surface area (Å²) in [5, 5.41) is 23.9. The van der Waals surface area contributed by atoms with Gasteiger partial charge in [-0.3, -0.25) is 20.2 Å². The second kappa shape index (κ2) is 17.5. The molecule has 0 spiro atoms. The summed E-state index contributed by atoms with van der Waals surface area (Å²) < 4.78 is 62.6. The van der Waals surface area contributed by atoms with Crippen molar-refractivity contribution in [2.45, 2.75) is 47.1 Å². The number of nitrogens with zero attached hydrogens (tertiary/aromatic N) is 3. The van der Waals surface area contributed by atoms with Gasteiger partial charge in [0, 0.05) is 66.7 Å². The number of methoxy groups -OCH3 is 1. The number of rotatable bonds is 16. The molecule has 4 aromatic rings. The van der Waals surface area contributed by atoms with Gasteiger partial charge in [0.1, 0.15) is 23.2 Å². The first kappa shape index (κ1) is 39.6. The van der Waals surface area contributed by atoms with E-state index in [4.69, 9.17) is 10.1 Å². The maximum absolute atomic E-state index is 14.4. The summed E-state index contributed by atoms with van der Waals surface area (Å²) in [6.07, 6.45) is 2.21. The summed E-state index contributed by atoms with van der Waals surface area (Å²) in [4.78, 5) is 16.4. The highest BCUT2D eigenvalue weighted by atomic mass is 32.2. The Kier molecular flexibility index (Phi) is 13.1. The third-order valence-electron chi connectivity index (χ3n) is 9.35. The average Bonchev–Trinajstić information content (AvgIpc) is 3.14. The number of piperidine rings is 1. The predicted molar refractivity (Wildman–Crippen MR) is 206 cm³/mol. The molecule has 53 heavy (non-hydrogen) atoms. The Balaban J connectivity index is 1.22. The van der Waals surface area contributed by atoms with Gasteiger partial charge in [0.05, 0.1) is 15.4 Å². The molecule has 0 aliphatic carbocycles. The quantitative estimate of drug-likeness (QED) is 0.0364. The van der Waals surface area contributed by atoms with Crippen LogP contribution < -0.4 is 14.9 Å². The van der Waals surface area contributed by atoms with E-state index < -0.39 is 32.2 Å². The minimum Gasteiger partial charge on any atom is -0.378 e. The normalized spacial score (nSPS) is 14.9. The smallest absolute Gasteiger partial charge is 0.293 e. The van der Waals surface area contributed by atoms with Gasteiger partial charge in [-0.2, -0.15) is 0 Å². The van der Waals surface area contributed by atoms with Gasteiger partial charge >= 0.3 is 0 Å². The Morgan fingerprint density at radius 2 is 1.74 bits per heavy atom. The molecule has 1 saturated heterocycles. The van der Waals surface area contributed by atoms with Crippen LogP contribution in [0.3, 0.4) is 0 Å². The first-order chi connectivity index (χ1) is 25.3. The van der Waals surface area contributed by atoms with Crippen molar-refractivity contribution < 1.29 is 26.9 Å². The number of anilines is 2. The Bertz CT molecular complexity index is 1990. The van der Waals surface area contributed by atoms with Crippen molar-refractivity contribution in [3.8, 4) is 0 Å². The fraction of sp³-hybridized carbons (Fsp3) is 0.342. The highest BCUT2D eigenvalue weighted by Crippen LogP contribution is 2.34. The first-order valence-electron chi connectivity index (χ1n) is 17.1. The van der Waals surface area contributed by atoms with E-state index in [1.165, 1.54) is 24.3 Å². The second-order valence-corrected chi connectivity index (χ2v) is 16.1. The zero-order valence-corrected chi connectivity index (χ0v) is 31.5. The van der Waals surface area contributed by atoms with Gasteiger partial charge in [-0.05, 0) is 100 Å². The van der Waals surface area contributed by atoms with Crippen molar-refractivity contribution in [2.24, 2.45) is 0 Å². The van der Waals surface area contributed by atoms with E-state index in [0.717, 1.165) is 29.3 Å². The lowest BCUT2D eigenvalue weighted by molar-refractivity contribution is -0.384. The molecule has 0 amide bonds. The van der Waals surface area contributed by atoms with Gasteiger partial charge in [-0.25, -0.2) is 17.2 Å². The Morgan fingerprint density at radius 3 is 2.36 bits per heavy atom. The highest BCUT2D eigenvalue weighted by Gasteiger charge is 2.36. The molecule has 15 heteroatoms. The van der Waals surface area contributed by atoms with Gasteiger partial charge in [0.15, 0.2) is 0 Å². The SMILES string of the molecule is COC1(Cc2ccc(F)cc2F)CCN(c2ccc(C(=N)NS(=O)(=O)c3ccc(N[C@H](CCN(C)C)CSc4ccccc4)c([N+](=O)[O-])c3)cc2)CC1. The van der Waals surface area contributed by atoms with E-state index >= 15 is 0 Å². The van der Waals surface area contributed by atoms with E-state index in [1.807, 2.05) is 49.3 Å². The van der Waals surface area contributed by atoms with E-state index in [0.29, 0.717) is 55.7 Å². The number of nitrogens with one attached hydrogen (secondary N) is 3. The van der Waals surface area contributed by atoms with Crippen LogP contribution in [0.25, 0.3) is 0 Å². The second-order valence-electron chi connectivity index (χ2n) is 13.3. The van der Waals surface area contributed by atoms with Crippen LogP contribution in [0.1, 0.15) is 30.4 Å². The summed E-state index contributed by atoms with van der Waals surface area (Å²) in [5.41, 5.74) is 0.776. The van der Waals surface area contributed by atoms with Crippen molar-refractivity contribution in [1.82, 2.24) is 9.62 Å². The van der Waals surface area contributed by atoms with Gasteiger partial charge in [0.2, 0.25) is 0 Å². The molecule has 11 nitrogen and oxygen atoms in total. The van der Waals surface area contributed by atoms with Gasteiger partial charge in [-0.15, -0.1) is 11.8 Å². The highest BCUT2D eigenvalue weighted by molar-refractivity contribution is 7.99. The number of halogens is 2. The largest absolute Gasteiger partial charge is 0.378 e. The van der Waals surface area contributed by atoms with Crippen molar-refractivity contribution in [3.63, 3.8) is 0 Å². The zero-order chi connectivity index (χ0) is 38.2. The first-order valence-corrected chi connectivity index (χ1v) is 19.6. The molecular weight excluding hydrogens is 723 g/mol. The molecule has 1 aliphatic rings. The minimum absolute atomic E-state index is 0.142. The summed E-state index contributed by atoms with van der Waals surface area (Å²) in [7, 11) is 1.16. The van der Waals surface area contributed by atoms with Crippen molar-refractivity contribution >= 4 is 44.7 Å². The molecule has 0 unspecified atom stereocenters. The monoisotopic (exact) mass is 766 g/mol. The maximum atomic E-state index is 14.4. The Morgan fingerprint density at radius 1 is 1.04 bits per heavy atom. The molecule has 3 N–H and O–H groups in total. The molecule has 0 bridgehead atoms. The molecule has 1 heterocycles. The van der Waals surface area contributed by atoms with Gasteiger partial charge < -0.3 is 19.9 Å². The number of ether oxygens (including phenoxy) is 1. The summed E-state index contributed by atoms with van der Waals surface area (Å²) >= 11 is 1.63. The molecule has 0 aromatic heterocycles. The lowest BCUT2D eigenvalue weighted by atomic mass is 9.84. The van der Waals surface area contributed by atoms with Crippen LogP contribution in [0.5, 0.6) is 0 Å². The van der Waals surface area contributed by atoms with Crippen LogP contribution in [0, 0.1) is 27.2 Å². The third-order valence-corrected chi connectivity index (χ3v) is 11.9. The number of nitro groups is 1. The number of amidine groups is 1. The lowest BCUT2D eigenvalue weighted by Crippen LogP contribution is -2.47. The van der Waals surface area contributed by atoms with E-state index in [9.17, 15) is 27.3 Å². The molecule has 282 valence electrons. The fourth-order valence-electron chi connectivity index (χ4n) is 6.23. The Hall–Kier alpha value is -4.57. The number of benzene rings is 4. The number of hydrogen-bond donors (Lipinski definition) is 3. The summed E-state index contributed by atoms with van der Waals surface area (Å²) in [6.45, 7) is 1.95. The lowest BCUT2D eigenvalue weighted by Gasteiger charge is -2.42. The third kappa shape index (κ3) is 10.5. The number of nitro benzene ring substituents is 1. The average molecular weight is 767 g/mol. The topological polar surface area (TPSA) is 141 Å². The molecular formula is C38H44F2N6O5S2. The molecule has 1 fully saturated rings. The van der Waals surface area contributed by atoms with Crippen molar-refractivity contribution in [3.05, 3.63) is 124 Å². The van der Waals surface area contributed by atoms with E-state index in [1.54, 1.807) is 43.1 Å². The standard InChI is InChI=1S/C38H44F2N6O5S2/c1-44(2)20-17-30(26-52-32-7-5-4-6-8-32)42-35-16-15-33(24-36(35)46(47)48)53(49,50)43-37(41)27-10-13-31(14-11-27)45-21-18-38(51-3,19-22-45)25-28-9-12-29(39)23-34(28)40/h4-16,23-24,30,42H,17-22,25-26H2,1-3H3,(H2,41,43)/t30-/m1/s1. The van der Waals surface area contributed by atoms with E-state index in [-0.39, 0.29) is 28.1 Å². The molecule has 0 saturated carbocycles. The van der Waals surface area contributed by atoms with Crippen molar-refractivity contribution in [2.75, 3.05) is 56.8 Å². The van der Waals surface area contributed by atoms with Crippen LogP contribution in [-0.2, 0) is 21.2 Å². The fourth-order valence-corrected chi connectivity index (χ4v) is 8.24. The summed E-state index contributed by atoms with van der Waals surface area (Å²) in [5.74, 6) is -0.978. The van der Waals surface area contributed by atoms with Gasteiger partial charge in [-0.1, -0.05) is 24.3 Å². The molecule has 1 aliphatic heterocycles. The van der Waals surface area contributed by atoms with Crippen LogP contribution in [-0.4, -0.2) is 82.3 Å². The van der Waals surface area contributed by atoms with Crippen LogP contribution in [0.2, 0.25) is 0 Å². The number of sulfonamides is 1. The number of hydrogen-bond acceptors (Lipinski definition) is 10. The summed E-state index contributed by atoms with van der Waals surface area (Å²) in [6, 6.07) is 23.8. The molecule has 0 radical (unpaired) electrons. The van der Waals surface area contributed by atoms with Crippen molar-refractivity contribution in [1.29, 1.82) is 5.41 Å². The van der Waals surface area contributed by atoms with Crippen LogP contribution >= 0.6 is 11.8 Å². The number of thioether (sulfide) groups is 1. The van der Waals surface area contributed by atoms with Crippen LogP contribution in [0.4, 0.5) is 25.8 Å². The maximum Gasteiger partial charge on any atom is 0.293 e. The van der Waals surface area contributed by atoms with Gasteiger partial charge in [0.25, 0.3) is 15.7 Å². The Labute approximate surface area is 313 Å². The minimum atomic E-state index is -4.34. The van der Waals surface area contributed by atoms with Crippen LogP contribution in [0.15, 0.2) is 101 Å². The predicted octanol–water partition coefficient (Wildman–Crippen LogP) is 6.93. The molecule has 1 atom stereocenters. The van der Waals surface area contributed by atoms with E-state index in [2.05, 4.69) is 14.9 Å². The molecule has 4 aromatic carbocycles.